The van der Waals surface area contributed by atoms with Gasteiger partial charge in [-0.2, -0.15) is 0 Å². The van der Waals surface area contributed by atoms with Crippen molar-refractivity contribution in [2.75, 3.05) is 13.7 Å². The van der Waals surface area contributed by atoms with E-state index >= 15 is 0 Å². The number of carbonyl (C=O) groups is 1. The lowest BCUT2D eigenvalue weighted by molar-refractivity contribution is 0.0663. The van der Waals surface area contributed by atoms with Gasteiger partial charge >= 0.3 is 0 Å². The van der Waals surface area contributed by atoms with E-state index in [0.717, 1.165) is 17.0 Å². The Balaban J connectivity index is 1.79. The molecule has 132 valence electrons. The Morgan fingerprint density at radius 3 is 2.73 bits per heavy atom. The smallest absolute Gasteiger partial charge is 0.254 e. The highest BCUT2D eigenvalue weighted by Crippen LogP contribution is 2.34. The monoisotopic (exact) mass is 350 g/mol. The molecule has 4 rings (SSSR count). The minimum Gasteiger partial charge on any atom is -0.497 e. The molecule has 1 aliphatic heterocycles. The number of fused-ring (bicyclic) bond motifs is 1. The first kappa shape index (κ1) is 16.4. The van der Waals surface area contributed by atoms with Gasteiger partial charge in [0, 0.05) is 30.5 Å². The quantitative estimate of drug-likeness (QED) is 0.718. The highest BCUT2D eigenvalue weighted by molar-refractivity contribution is 5.94. The summed E-state index contributed by atoms with van der Waals surface area (Å²) in [6.07, 6.45) is 2.02. The second kappa shape index (κ2) is 6.67. The van der Waals surface area contributed by atoms with Gasteiger partial charge in [-0.15, -0.1) is 0 Å². The van der Waals surface area contributed by atoms with E-state index in [0.29, 0.717) is 18.7 Å². The van der Waals surface area contributed by atoms with Gasteiger partial charge in [0.05, 0.1) is 13.2 Å². The van der Waals surface area contributed by atoms with E-state index in [1.807, 2.05) is 42.6 Å². The third-order valence-corrected chi connectivity index (χ3v) is 4.78. The molecule has 4 nitrogen and oxygen atoms in total. The van der Waals surface area contributed by atoms with E-state index < -0.39 is 5.82 Å². The number of carbonyl (C=O) groups excluding carboxylic acids is 1. The van der Waals surface area contributed by atoms with Crippen molar-refractivity contribution in [2.45, 2.75) is 12.6 Å². The van der Waals surface area contributed by atoms with Crippen molar-refractivity contribution < 1.29 is 13.9 Å². The number of ether oxygens (including phenoxy) is 1. The Hall–Kier alpha value is -3.08. The number of rotatable bonds is 3. The van der Waals surface area contributed by atoms with Crippen LogP contribution >= 0.6 is 0 Å². The molecule has 0 aliphatic carbocycles. The van der Waals surface area contributed by atoms with Gasteiger partial charge in [0.25, 0.3) is 5.91 Å². The molecule has 0 radical (unpaired) electrons. The molecule has 1 aromatic heterocycles. The molecule has 1 aliphatic rings. The van der Waals surface area contributed by atoms with Crippen LogP contribution in [0, 0.1) is 5.82 Å². The fraction of sp³-hybridized carbons (Fsp3) is 0.190. The van der Waals surface area contributed by atoms with Crippen LogP contribution in [0.2, 0.25) is 0 Å². The summed E-state index contributed by atoms with van der Waals surface area (Å²) in [5.41, 5.74) is 2.36. The van der Waals surface area contributed by atoms with E-state index in [4.69, 9.17) is 4.74 Å². The predicted octanol–water partition coefficient (Wildman–Crippen LogP) is 3.88. The molecule has 2 heterocycles. The first-order valence-electron chi connectivity index (χ1n) is 8.53. The number of halogens is 1. The highest BCUT2D eigenvalue weighted by atomic mass is 19.1. The third-order valence-electron chi connectivity index (χ3n) is 4.78. The largest absolute Gasteiger partial charge is 0.497 e. The van der Waals surface area contributed by atoms with Gasteiger partial charge in [0.2, 0.25) is 0 Å². The molecular formula is C21H19FN2O2. The Bertz CT molecular complexity index is 950. The van der Waals surface area contributed by atoms with Crippen molar-refractivity contribution in [3.05, 3.63) is 89.5 Å². The van der Waals surface area contributed by atoms with Crippen LogP contribution in [0.3, 0.4) is 0 Å². The minimum atomic E-state index is -0.408. The van der Waals surface area contributed by atoms with E-state index in [2.05, 4.69) is 4.57 Å². The van der Waals surface area contributed by atoms with Crippen molar-refractivity contribution in [2.24, 2.45) is 0 Å². The minimum absolute atomic E-state index is 0.176. The molecule has 1 atom stereocenters. The zero-order chi connectivity index (χ0) is 18.1. The lowest BCUT2D eigenvalue weighted by Crippen LogP contribution is -2.42. The topological polar surface area (TPSA) is 34.5 Å². The van der Waals surface area contributed by atoms with Gasteiger partial charge in [-0.25, -0.2) is 4.39 Å². The maximum atomic E-state index is 13.6. The molecule has 3 aromatic rings. The first-order valence-corrected chi connectivity index (χ1v) is 8.53. The summed E-state index contributed by atoms with van der Waals surface area (Å²) in [5, 5.41) is 0. The Morgan fingerprint density at radius 1 is 1.08 bits per heavy atom. The highest BCUT2D eigenvalue weighted by Gasteiger charge is 2.32. The number of methoxy groups -OCH3 is 1. The molecule has 0 saturated carbocycles. The van der Waals surface area contributed by atoms with Crippen molar-refractivity contribution in [1.29, 1.82) is 0 Å². The van der Waals surface area contributed by atoms with Crippen LogP contribution in [-0.4, -0.2) is 29.0 Å². The van der Waals surface area contributed by atoms with Crippen molar-refractivity contribution in [3.63, 3.8) is 0 Å². The maximum Gasteiger partial charge on any atom is 0.254 e. The van der Waals surface area contributed by atoms with Crippen LogP contribution in [-0.2, 0) is 6.54 Å². The van der Waals surface area contributed by atoms with Gasteiger partial charge in [-0.1, -0.05) is 18.2 Å². The summed E-state index contributed by atoms with van der Waals surface area (Å²) in [6, 6.07) is 17.3. The van der Waals surface area contributed by atoms with Crippen molar-refractivity contribution in [1.82, 2.24) is 9.47 Å². The summed E-state index contributed by atoms with van der Waals surface area (Å²) in [5.74, 6) is 0.156. The molecule has 0 spiro atoms. The van der Waals surface area contributed by atoms with Gasteiger partial charge in [0.15, 0.2) is 0 Å². The maximum absolute atomic E-state index is 13.6. The van der Waals surface area contributed by atoms with Crippen molar-refractivity contribution in [3.8, 4) is 5.75 Å². The normalized spacial score (nSPS) is 16.2. The molecule has 26 heavy (non-hydrogen) atoms. The zero-order valence-corrected chi connectivity index (χ0v) is 14.4. The molecule has 5 heteroatoms. The molecule has 0 saturated heterocycles. The summed E-state index contributed by atoms with van der Waals surface area (Å²) in [7, 11) is 1.62. The number of hydrogen-bond donors (Lipinski definition) is 0. The fourth-order valence-electron chi connectivity index (χ4n) is 3.55. The zero-order valence-electron chi connectivity index (χ0n) is 14.4. The Morgan fingerprint density at radius 2 is 1.92 bits per heavy atom. The number of aromatic nitrogens is 1. The molecule has 0 fully saturated rings. The molecule has 1 amide bonds. The number of benzene rings is 2. The number of hydrogen-bond acceptors (Lipinski definition) is 2. The van der Waals surface area contributed by atoms with E-state index in [1.165, 1.54) is 12.1 Å². The van der Waals surface area contributed by atoms with E-state index in [-0.39, 0.29) is 11.9 Å². The standard InChI is InChI=1S/C21H19FN2O2/c1-26-18-8-3-5-15(14-18)20-19-9-4-10-23(19)11-12-24(20)21(25)16-6-2-7-17(22)13-16/h2-10,13-14,20H,11-12H2,1H3. The summed E-state index contributed by atoms with van der Waals surface area (Å²) in [4.78, 5) is 14.9. The average Bonchev–Trinajstić information content (AvgIpc) is 3.15. The predicted molar refractivity (Wildman–Crippen MR) is 96.7 cm³/mol. The van der Waals surface area contributed by atoms with E-state index in [9.17, 15) is 9.18 Å². The average molecular weight is 350 g/mol. The van der Waals surface area contributed by atoms with Crippen LogP contribution < -0.4 is 4.74 Å². The summed E-state index contributed by atoms with van der Waals surface area (Å²) >= 11 is 0. The molecule has 0 bridgehead atoms. The van der Waals surface area contributed by atoms with Gasteiger partial charge < -0.3 is 14.2 Å². The first-order chi connectivity index (χ1) is 12.7. The Kier molecular flexibility index (Phi) is 4.21. The second-order valence-corrected chi connectivity index (χ2v) is 6.31. The van der Waals surface area contributed by atoms with Gasteiger partial charge in [-0.3, -0.25) is 4.79 Å². The third kappa shape index (κ3) is 2.86. The molecule has 0 N–H and O–H groups in total. The SMILES string of the molecule is COc1cccc(C2c3cccn3CCN2C(=O)c2cccc(F)c2)c1. The number of nitrogens with zero attached hydrogens (tertiary/aromatic N) is 2. The van der Waals surface area contributed by atoms with Crippen LogP contribution in [0.1, 0.15) is 27.7 Å². The summed E-state index contributed by atoms with van der Waals surface area (Å²) < 4.78 is 21.1. The second-order valence-electron chi connectivity index (χ2n) is 6.31. The van der Waals surface area contributed by atoms with Gasteiger partial charge in [0.1, 0.15) is 11.6 Å². The van der Waals surface area contributed by atoms with Crippen molar-refractivity contribution >= 4 is 5.91 Å². The van der Waals surface area contributed by atoms with Gasteiger partial charge in [-0.05, 0) is 48.0 Å². The van der Waals surface area contributed by atoms with Crippen LogP contribution in [0.5, 0.6) is 5.75 Å². The van der Waals surface area contributed by atoms with Crippen LogP contribution in [0.25, 0.3) is 0 Å². The Labute approximate surface area is 151 Å². The fourth-order valence-corrected chi connectivity index (χ4v) is 3.55. The number of amides is 1. The molecular weight excluding hydrogens is 331 g/mol. The van der Waals surface area contributed by atoms with E-state index in [1.54, 1.807) is 24.1 Å². The van der Waals surface area contributed by atoms with Crippen LogP contribution in [0.4, 0.5) is 4.39 Å². The summed E-state index contributed by atoms with van der Waals surface area (Å²) in [6.45, 7) is 1.27. The molecule has 2 aromatic carbocycles. The molecule has 1 unspecified atom stereocenters. The lowest BCUT2D eigenvalue weighted by atomic mass is 9.98. The van der Waals surface area contributed by atoms with Crippen LogP contribution in [0.15, 0.2) is 66.9 Å². The lowest BCUT2D eigenvalue weighted by Gasteiger charge is -2.37.